The van der Waals surface area contributed by atoms with Gasteiger partial charge in [0.25, 0.3) is 0 Å². The summed E-state index contributed by atoms with van der Waals surface area (Å²) in [5, 5.41) is 3.25. The molecule has 1 aromatic heterocycles. The first-order valence-electron chi connectivity index (χ1n) is 8.78. The molecule has 0 aliphatic carbocycles. The highest BCUT2D eigenvalue weighted by Crippen LogP contribution is 2.37. The number of nitrogens with zero attached hydrogens (tertiary/aromatic N) is 2. The van der Waals surface area contributed by atoms with Gasteiger partial charge in [0.1, 0.15) is 5.57 Å². The van der Waals surface area contributed by atoms with Crippen molar-refractivity contribution >= 4 is 11.5 Å². The number of alkyl halides is 9. The Balaban J connectivity index is 2.85. The first kappa shape index (κ1) is 26.6. The van der Waals surface area contributed by atoms with Crippen LogP contribution >= 0.6 is 0 Å². The number of benzene rings is 1. The van der Waals surface area contributed by atoms with Crippen LogP contribution in [0.1, 0.15) is 33.6 Å². The van der Waals surface area contributed by atoms with E-state index in [4.69, 9.17) is 0 Å². The summed E-state index contributed by atoms with van der Waals surface area (Å²) in [4.78, 5) is 12.1. The summed E-state index contributed by atoms with van der Waals surface area (Å²) < 4.78 is 129. The average Bonchev–Trinajstić information content (AvgIpc) is 3.04. The Bertz CT molecular complexity index is 1150. The predicted molar refractivity (Wildman–Crippen MR) is 97.6 cm³/mol. The molecule has 0 aliphatic heterocycles. The van der Waals surface area contributed by atoms with Gasteiger partial charge in [-0.1, -0.05) is 11.8 Å². The Hall–Kier alpha value is -3.63. The van der Waals surface area contributed by atoms with Crippen molar-refractivity contribution in [2.75, 3.05) is 14.2 Å². The molecule has 0 fully saturated rings. The molecule has 0 amide bonds. The fourth-order valence-electron chi connectivity index (χ4n) is 2.74. The second-order valence-electron chi connectivity index (χ2n) is 6.50. The van der Waals surface area contributed by atoms with Gasteiger partial charge in [-0.05, 0) is 18.2 Å². The standard InChI is InChI=1S/C20H13F9N2O3/c1-31-15(14(9-33-2)17(32)34-3)13(16(30-31)20(27,28)29)5-4-10-6-11(18(21,22)23)8-12(7-10)19(24,25)26/h6-9H,1-3H3/b14-9-. The van der Waals surface area contributed by atoms with Crippen molar-refractivity contribution in [3.63, 3.8) is 0 Å². The SMILES string of the molecule is CO/C=C(\C(=O)OC)c1c(C#Cc2cc(C(F)(F)F)cc(C(F)(F)F)c2)c(C(F)(F)F)nn1C. The van der Waals surface area contributed by atoms with E-state index >= 15 is 0 Å². The zero-order valence-electron chi connectivity index (χ0n) is 17.3. The number of aryl methyl sites for hydroxylation is 1. The van der Waals surface area contributed by atoms with Gasteiger partial charge in [-0.15, -0.1) is 0 Å². The maximum atomic E-state index is 13.5. The Labute approximate surface area is 185 Å². The number of halogens is 9. The second-order valence-corrected chi connectivity index (χ2v) is 6.50. The zero-order valence-corrected chi connectivity index (χ0v) is 17.3. The van der Waals surface area contributed by atoms with Crippen molar-refractivity contribution in [3.05, 3.63) is 58.1 Å². The van der Waals surface area contributed by atoms with Crippen molar-refractivity contribution in [1.29, 1.82) is 0 Å². The number of hydrogen-bond donors (Lipinski definition) is 0. The molecule has 0 spiro atoms. The number of hydrogen-bond acceptors (Lipinski definition) is 4. The quantitative estimate of drug-likeness (QED) is 0.195. The van der Waals surface area contributed by atoms with Gasteiger partial charge in [0, 0.05) is 12.6 Å². The highest BCUT2D eigenvalue weighted by atomic mass is 19.4. The summed E-state index contributed by atoms with van der Waals surface area (Å²) in [6, 6.07) is 0.341. The van der Waals surface area contributed by atoms with E-state index in [2.05, 4.69) is 14.6 Å². The Kier molecular flexibility index (Phi) is 7.29. The molecule has 0 saturated heterocycles. The summed E-state index contributed by atoms with van der Waals surface area (Å²) in [6.07, 6.45) is -14.8. The summed E-state index contributed by atoms with van der Waals surface area (Å²) in [5.74, 6) is 2.62. The lowest BCUT2D eigenvalue weighted by molar-refractivity contribution is -0.143. The van der Waals surface area contributed by atoms with Gasteiger partial charge in [0.15, 0.2) is 5.69 Å². The molecule has 2 aromatic rings. The highest BCUT2D eigenvalue weighted by molar-refractivity contribution is 6.16. The normalized spacial score (nSPS) is 12.8. The fourth-order valence-corrected chi connectivity index (χ4v) is 2.74. The number of ether oxygens (including phenoxy) is 2. The van der Waals surface area contributed by atoms with Crippen molar-refractivity contribution in [2.24, 2.45) is 7.05 Å². The van der Waals surface area contributed by atoms with E-state index in [1.165, 1.54) is 0 Å². The molecule has 0 radical (unpaired) electrons. The lowest BCUT2D eigenvalue weighted by atomic mass is 10.0. The molecule has 34 heavy (non-hydrogen) atoms. The van der Waals surface area contributed by atoms with E-state index in [9.17, 15) is 44.3 Å². The van der Waals surface area contributed by atoms with Crippen LogP contribution in [-0.4, -0.2) is 30.0 Å². The van der Waals surface area contributed by atoms with E-state index in [0.717, 1.165) is 27.5 Å². The summed E-state index contributed by atoms with van der Waals surface area (Å²) in [7, 11) is 2.99. The average molecular weight is 500 g/mol. The molecule has 14 heteroatoms. The predicted octanol–water partition coefficient (Wildman–Crippen LogP) is 5.04. The number of rotatable bonds is 3. The third kappa shape index (κ3) is 5.83. The molecule has 1 aromatic carbocycles. The van der Waals surface area contributed by atoms with Gasteiger partial charge >= 0.3 is 24.5 Å². The number of aromatic nitrogens is 2. The first-order valence-corrected chi connectivity index (χ1v) is 8.78. The molecule has 0 atom stereocenters. The van der Waals surface area contributed by atoms with Gasteiger partial charge in [-0.25, -0.2) is 4.79 Å². The monoisotopic (exact) mass is 500 g/mol. The minimum Gasteiger partial charge on any atom is -0.503 e. The van der Waals surface area contributed by atoms with E-state index in [0.29, 0.717) is 4.68 Å². The van der Waals surface area contributed by atoms with Crippen LogP contribution in [0, 0.1) is 11.8 Å². The second kappa shape index (κ2) is 9.32. The molecule has 0 bridgehead atoms. The molecular formula is C20H13F9N2O3. The Morgan fingerprint density at radius 2 is 1.44 bits per heavy atom. The minimum absolute atomic E-state index is 0.154. The number of carbonyl (C=O) groups is 1. The third-order valence-corrected chi connectivity index (χ3v) is 4.13. The van der Waals surface area contributed by atoms with Gasteiger partial charge in [0.2, 0.25) is 0 Å². The number of esters is 1. The van der Waals surface area contributed by atoms with Crippen molar-refractivity contribution in [3.8, 4) is 11.8 Å². The fraction of sp³-hybridized carbons (Fsp3) is 0.300. The van der Waals surface area contributed by atoms with Crippen molar-refractivity contribution < 1.29 is 53.8 Å². The third-order valence-electron chi connectivity index (χ3n) is 4.13. The molecule has 0 saturated carbocycles. The smallest absolute Gasteiger partial charge is 0.436 e. The molecule has 2 rings (SSSR count). The lowest BCUT2D eigenvalue weighted by Crippen LogP contribution is -2.11. The summed E-state index contributed by atoms with van der Waals surface area (Å²) in [6.45, 7) is 0. The van der Waals surface area contributed by atoms with Gasteiger partial charge in [0.05, 0.1) is 42.9 Å². The van der Waals surface area contributed by atoms with Crippen molar-refractivity contribution in [2.45, 2.75) is 18.5 Å². The molecule has 184 valence electrons. The van der Waals surface area contributed by atoms with Crippen LogP contribution < -0.4 is 0 Å². The zero-order chi connectivity index (χ0) is 26.1. The largest absolute Gasteiger partial charge is 0.503 e. The van der Waals surface area contributed by atoms with Crippen LogP contribution in [0.4, 0.5) is 39.5 Å². The van der Waals surface area contributed by atoms with Gasteiger partial charge in [-0.3, -0.25) is 4.68 Å². The number of carbonyl (C=O) groups excluding carboxylic acids is 1. The maximum Gasteiger partial charge on any atom is 0.436 e. The van der Waals surface area contributed by atoms with E-state index in [1.54, 1.807) is 0 Å². The van der Waals surface area contributed by atoms with E-state index in [1.807, 2.05) is 11.8 Å². The minimum atomic E-state index is -5.19. The molecule has 0 aliphatic rings. The molecule has 5 nitrogen and oxygen atoms in total. The Morgan fingerprint density at radius 1 is 0.912 bits per heavy atom. The van der Waals surface area contributed by atoms with Crippen LogP contribution in [0.15, 0.2) is 24.5 Å². The van der Waals surface area contributed by atoms with Crippen LogP contribution in [0.2, 0.25) is 0 Å². The van der Waals surface area contributed by atoms with E-state index < -0.39 is 63.7 Å². The molecular weight excluding hydrogens is 487 g/mol. The lowest BCUT2D eigenvalue weighted by Gasteiger charge is -2.12. The van der Waals surface area contributed by atoms with Crippen LogP contribution in [0.25, 0.3) is 5.57 Å². The Morgan fingerprint density at radius 3 is 1.85 bits per heavy atom. The van der Waals surface area contributed by atoms with Crippen LogP contribution in [0.5, 0.6) is 0 Å². The van der Waals surface area contributed by atoms with E-state index in [-0.39, 0.29) is 18.2 Å². The topological polar surface area (TPSA) is 53.4 Å². The first-order chi connectivity index (χ1) is 15.5. The molecule has 0 N–H and O–H groups in total. The molecule has 0 unspecified atom stereocenters. The van der Waals surface area contributed by atoms with Gasteiger partial charge in [-0.2, -0.15) is 44.6 Å². The van der Waals surface area contributed by atoms with Gasteiger partial charge < -0.3 is 9.47 Å². The van der Waals surface area contributed by atoms with Crippen LogP contribution in [0.3, 0.4) is 0 Å². The molecule has 1 heterocycles. The summed E-state index contributed by atoms with van der Waals surface area (Å²) in [5.41, 5.74) is -8.08. The van der Waals surface area contributed by atoms with Crippen molar-refractivity contribution in [1.82, 2.24) is 9.78 Å². The maximum absolute atomic E-state index is 13.5. The van der Waals surface area contributed by atoms with Crippen LogP contribution in [-0.2, 0) is 39.8 Å². The number of methoxy groups -OCH3 is 2. The highest BCUT2D eigenvalue weighted by Gasteiger charge is 2.40. The summed E-state index contributed by atoms with van der Waals surface area (Å²) >= 11 is 0.